The van der Waals surface area contributed by atoms with Gasteiger partial charge in [0.1, 0.15) is 23.6 Å². The lowest BCUT2D eigenvalue weighted by atomic mass is 9.81. The van der Waals surface area contributed by atoms with Crippen LogP contribution in [0.3, 0.4) is 0 Å². The van der Waals surface area contributed by atoms with Crippen LogP contribution in [-0.2, 0) is 4.79 Å². The number of aromatic amines is 1. The average molecular weight is 284 g/mol. The van der Waals surface area contributed by atoms with Crippen LogP contribution < -0.4 is 4.90 Å². The molecule has 4 rings (SSSR count). The molecular formula is C16H20N4O. The molecule has 0 radical (unpaired) electrons. The fourth-order valence-corrected chi connectivity index (χ4v) is 4.15. The predicted molar refractivity (Wildman–Crippen MR) is 81.2 cm³/mol. The monoisotopic (exact) mass is 284 g/mol. The van der Waals surface area contributed by atoms with E-state index in [0.29, 0.717) is 17.7 Å². The number of nitrogens with one attached hydrogen (secondary N) is 1. The molecule has 2 saturated carbocycles. The third-order valence-corrected chi connectivity index (χ3v) is 5.31. The number of carbonyl (C=O) groups is 1. The zero-order chi connectivity index (χ0) is 14.4. The normalized spacial score (nSPS) is 28.8. The van der Waals surface area contributed by atoms with Gasteiger partial charge in [0.05, 0.1) is 5.39 Å². The van der Waals surface area contributed by atoms with Gasteiger partial charge in [-0.25, -0.2) is 9.97 Å². The lowest BCUT2D eigenvalue weighted by Gasteiger charge is -2.26. The van der Waals surface area contributed by atoms with E-state index in [-0.39, 0.29) is 0 Å². The number of hydrogen-bond acceptors (Lipinski definition) is 4. The van der Waals surface area contributed by atoms with Gasteiger partial charge in [-0.15, -0.1) is 0 Å². The van der Waals surface area contributed by atoms with E-state index in [4.69, 9.17) is 0 Å². The molecular weight excluding hydrogens is 264 g/mol. The number of rotatable bonds is 2. The van der Waals surface area contributed by atoms with Crippen molar-refractivity contribution in [2.75, 3.05) is 11.9 Å². The molecule has 5 heteroatoms. The van der Waals surface area contributed by atoms with Crippen LogP contribution in [0.5, 0.6) is 0 Å². The number of aromatic nitrogens is 3. The molecule has 0 spiro atoms. The minimum absolute atomic E-state index is 0.453. The van der Waals surface area contributed by atoms with Gasteiger partial charge in [-0.2, -0.15) is 0 Å². The summed E-state index contributed by atoms with van der Waals surface area (Å²) in [5, 5.41) is 1.07. The summed E-state index contributed by atoms with van der Waals surface area (Å²) >= 11 is 0. The molecule has 0 saturated heterocycles. The number of hydrogen-bond donors (Lipinski definition) is 1. The molecule has 2 aliphatic rings. The second-order valence-corrected chi connectivity index (χ2v) is 6.47. The van der Waals surface area contributed by atoms with Crippen LogP contribution in [0.15, 0.2) is 18.6 Å². The summed E-state index contributed by atoms with van der Waals surface area (Å²) in [7, 11) is 2.12. The standard InChI is InChI=1S/C16H20N4O/c1-20(16-14-4-5-17-15(14)18-9-19-16)12-6-10-2-3-13(21)8-11(10)7-12/h4-5,9-12H,2-3,6-8H2,1H3,(H,17,18,19)/t10?,11?,12-/m0/s1. The summed E-state index contributed by atoms with van der Waals surface area (Å²) in [6.07, 6.45) is 8.48. The van der Waals surface area contributed by atoms with E-state index in [1.165, 1.54) is 6.42 Å². The fourth-order valence-electron chi connectivity index (χ4n) is 4.15. The molecule has 2 fully saturated rings. The van der Waals surface area contributed by atoms with Crippen LogP contribution in [0.25, 0.3) is 11.0 Å². The lowest BCUT2D eigenvalue weighted by Crippen LogP contribution is -2.30. The van der Waals surface area contributed by atoms with Crippen molar-refractivity contribution >= 4 is 22.6 Å². The number of fused-ring (bicyclic) bond motifs is 2. The molecule has 2 heterocycles. The van der Waals surface area contributed by atoms with Crippen LogP contribution in [0.4, 0.5) is 5.82 Å². The molecule has 2 aromatic heterocycles. The van der Waals surface area contributed by atoms with Gasteiger partial charge in [0.15, 0.2) is 0 Å². The van der Waals surface area contributed by atoms with Crippen molar-refractivity contribution in [1.29, 1.82) is 0 Å². The number of anilines is 1. The Balaban J connectivity index is 1.59. The Hall–Kier alpha value is -1.91. The molecule has 0 aromatic carbocycles. The van der Waals surface area contributed by atoms with E-state index < -0.39 is 0 Å². The average Bonchev–Trinajstić information content (AvgIpc) is 3.11. The van der Waals surface area contributed by atoms with Crippen LogP contribution in [0.1, 0.15) is 32.1 Å². The Bertz CT molecular complexity index is 680. The quantitative estimate of drug-likeness (QED) is 0.920. The Morgan fingerprint density at radius 1 is 1.29 bits per heavy atom. The van der Waals surface area contributed by atoms with E-state index in [0.717, 1.165) is 48.5 Å². The first-order chi connectivity index (χ1) is 10.2. The Morgan fingerprint density at radius 2 is 2.14 bits per heavy atom. The molecule has 0 amide bonds. The predicted octanol–water partition coefficient (Wildman–Crippen LogP) is 2.54. The topological polar surface area (TPSA) is 61.9 Å². The maximum Gasteiger partial charge on any atom is 0.142 e. The first-order valence-corrected chi connectivity index (χ1v) is 7.75. The van der Waals surface area contributed by atoms with E-state index in [2.05, 4.69) is 26.9 Å². The molecule has 2 unspecified atom stereocenters. The highest BCUT2D eigenvalue weighted by Crippen LogP contribution is 2.43. The summed E-state index contributed by atoms with van der Waals surface area (Å²) < 4.78 is 0. The van der Waals surface area contributed by atoms with Crippen LogP contribution >= 0.6 is 0 Å². The number of nitrogens with zero attached hydrogens (tertiary/aromatic N) is 3. The van der Waals surface area contributed by atoms with E-state index in [1.54, 1.807) is 6.33 Å². The summed E-state index contributed by atoms with van der Waals surface area (Å²) in [6, 6.07) is 2.52. The van der Waals surface area contributed by atoms with Crippen molar-refractivity contribution < 1.29 is 4.79 Å². The Kier molecular flexibility index (Phi) is 2.94. The first kappa shape index (κ1) is 12.8. The van der Waals surface area contributed by atoms with Crippen LogP contribution in [0, 0.1) is 11.8 Å². The van der Waals surface area contributed by atoms with Gasteiger partial charge in [0, 0.05) is 32.1 Å². The summed E-state index contributed by atoms with van der Waals surface area (Å²) in [5.74, 6) is 2.76. The second kappa shape index (κ2) is 4.83. The van der Waals surface area contributed by atoms with Gasteiger partial charge in [-0.3, -0.25) is 4.79 Å². The van der Waals surface area contributed by atoms with E-state index in [1.807, 2.05) is 12.3 Å². The van der Waals surface area contributed by atoms with Crippen molar-refractivity contribution in [2.24, 2.45) is 11.8 Å². The van der Waals surface area contributed by atoms with E-state index in [9.17, 15) is 4.79 Å². The lowest BCUT2D eigenvalue weighted by molar-refractivity contribution is -0.122. The third-order valence-electron chi connectivity index (χ3n) is 5.31. The van der Waals surface area contributed by atoms with Gasteiger partial charge >= 0.3 is 0 Å². The number of ketones is 1. The molecule has 0 bridgehead atoms. The fraction of sp³-hybridized carbons (Fsp3) is 0.562. The van der Waals surface area contributed by atoms with Crippen LogP contribution in [-0.4, -0.2) is 33.8 Å². The van der Waals surface area contributed by atoms with Crippen molar-refractivity contribution in [3.63, 3.8) is 0 Å². The van der Waals surface area contributed by atoms with E-state index >= 15 is 0 Å². The zero-order valence-electron chi connectivity index (χ0n) is 12.2. The minimum Gasteiger partial charge on any atom is -0.356 e. The number of H-pyrrole nitrogens is 1. The van der Waals surface area contributed by atoms with Crippen molar-refractivity contribution in [1.82, 2.24) is 15.0 Å². The summed E-state index contributed by atoms with van der Waals surface area (Å²) in [5.41, 5.74) is 0.887. The molecule has 2 aromatic rings. The molecule has 21 heavy (non-hydrogen) atoms. The van der Waals surface area contributed by atoms with Gasteiger partial charge < -0.3 is 9.88 Å². The Labute approximate surface area is 123 Å². The highest BCUT2D eigenvalue weighted by atomic mass is 16.1. The Morgan fingerprint density at radius 3 is 3.05 bits per heavy atom. The summed E-state index contributed by atoms with van der Waals surface area (Å²) in [4.78, 5) is 25.8. The van der Waals surface area contributed by atoms with Gasteiger partial charge in [0.25, 0.3) is 0 Å². The van der Waals surface area contributed by atoms with Crippen molar-refractivity contribution in [3.05, 3.63) is 18.6 Å². The number of Topliss-reactive ketones (excluding diaryl/α,β-unsaturated/α-hetero) is 1. The van der Waals surface area contributed by atoms with Crippen molar-refractivity contribution in [2.45, 2.75) is 38.1 Å². The van der Waals surface area contributed by atoms with Crippen LogP contribution in [0.2, 0.25) is 0 Å². The second-order valence-electron chi connectivity index (χ2n) is 6.47. The largest absolute Gasteiger partial charge is 0.356 e. The molecule has 110 valence electrons. The minimum atomic E-state index is 0.453. The SMILES string of the molecule is CN(c1ncnc2[nH]ccc12)[C@H]1CC2CCC(=O)CC2C1. The number of carbonyl (C=O) groups excluding carboxylic acids is 1. The maximum atomic E-state index is 11.7. The van der Waals surface area contributed by atoms with Gasteiger partial charge in [-0.05, 0) is 37.2 Å². The van der Waals surface area contributed by atoms with Gasteiger partial charge in [-0.1, -0.05) is 0 Å². The maximum absolute atomic E-state index is 11.7. The first-order valence-electron chi connectivity index (χ1n) is 7.75. The smallest absolute Gasteiger partial charge is 0.142 e. The third kappa shape index (κ3) is 2.11. The molecule has 3 atom stereocenters. The highest BCUT2D eigenvalue weighted by Gasteiger charge is 2.40. The van der Waals surface area contributed by atoms with Gasteiger partial charge in [0.2, 0.25) is 0 Å². The molecule has 2 aliphatic carbocycles. The zero-order valence-corrected chi connectivity index (χ0v) is 12.2. The summed E-state index contributed by atoms with van der Waals surface area (Å²) in [6.45, 7) is 0. The molecule has 0 aliphatic heterocycles. The molecule has 1 N–H and O–H groups in total. The molecule has 5 nitrogen and oxygen atoms in total. The van der Waals surface area contributed by atoms with Crippen molar-refractivity contribution in [3.8, 4) is 0 Å². The highest BCUT2D eigenvalue weighted by molar-refractivity contribution is 5.87.